The van der Waals surface area contributed by atoms with Gasteiger partial charge >= 0.3 is 0 Å². The van der Waals surface area contributed by atoms with Gasteiger partial charge in [-0.15, -0.1) is 0 Å². The third-order valence-corrected chi connectivity index (χ3v) is 2.69. The molecule has 0 amide bonds. The fourth-order valence-electron chi connectivity index (χ4n) is 1.35. The van der Waals surface area contributed by atoms with E-state index in [1.807, 2.05) is 0 Å². The number of rotatable bonds is 3. The number of aromatic nitrogens is 1. The zero-order valence-electron chi connectivity index (χ0n) is 9.15. The summed E-state index contributed by atoms with van der Waals surface area (Å²) in [5, 5.41) is 8.33. The summed E-state index contributed by atoms with van der Waals surface area (Å²) in [5.74, 6) is 0.567. The number of halogens is 2. The van der Waals surface area contributed by atoms with Gasteiger partial charge in [0.25, 0.3) is 0 Å². The Balaban J connectivity index is 2.40. The van der Waals surface area contributed by atoms with Crippen molar-refractivity contribution in [2.75, 3.05) is 0 Å². The number of amidine groups is 1. The van der Waals surface area contributed by atoms with Crippen LogP contribution in [0, 0.1) is 5.41 Å². The van der Waals surface area contributed by atoms with Crippen LogP contribution in [-0.4, -0.2) is 10.8 Å². The molecule has 92 valence electrons. The van der Waals surface area contributed by atoms with E-state index < -0.39 is 0 Å². The number of nitrogens with one attached hydrogen (secondary N) is 1. The molecule has 1 heterocycles. The predicted molar refractivity (Wildman–Crippen MR) is 71.8 cm³/mol. The molecule has 2 aromatic rings. The van der Waals surface area contributed by atoms with Crippen molar-refractivity contribution in [3.63, 3.8) is 0 Å². The molecule has 0 aliphatic rings. The quantitative estimate of drug-likeness (QED) is 0.668. The van der Waals surface area contributed by atoms with Gasteiger partial charge in [-0.1, -0.05) is 23.2 Å². The molecule has 0 fully saturated rings. The monoisotopic (exact) mass is 281 g/mol. The number of pyridine rings is 1. The highest BCUT2D eigenvalue weighted by molar-refractivity contribution is 6.34. The van der Waals surface area contributed by atoms with Crippen molar-refractivity contribution in [2.24, 2.45) is 5.73 Å². The Kier molecular flexibility index (Phi) is 3.69. The van der Waals surface area contributed by atoms with Crippen LogP contribution in [0.4, 0.5) is 0 Å². The molecule has 0 aliphatic heterocycles. The molecule has 18 heavy (non-hydrogen) atoms. The molecule has 0 atom stereocenters. The van der Waals surface area contributed by atoms with E-state index >= 15 is 0 Å². The van der Waals surface area contributed by atoms with E-state index in [1.54, 1.807) is 30.3 Å². The van der Waals surface area contributed by atoms with Crippen molar-refractivity contribution in [1.82, 2.24) is 4.98 Å². The topological polar surface area (TPSA) is 72.0 Å². The maximum atomic E-state index is 7.41. The Bertz CT molecular complexity index is 602. The Labute approximate surface area is 114 Å². The molecule has 0 radical (unpaired) electrons. The van der Waals surface area contributed by atoms with Gasteiger partial charge in [-0.05, 0) is 24.3 Å². The minimum atomic E-state index is -0.177. The summed E-state index contributed by atoms with van der Waals surface area (Å²) in [7, 11) is 0. The number of benzene rings is 1. The minimum Gasteiger partial charge on any atom is -0.453 e. The zero-order chi connectivity index (χ0) is 13.1. The molecule has 1 aromatic heterocycles. The Hall–Kier alpha value is -1.78. The standard InChI is InChI=1S/C12H9Cl2N3O/c13-7-3-4-8(14)10(6-7)18-9-2-1-5-17-11(9)12(15)16/h1-6H,(H3,15,16). The summed E-state index contributed by atoms with van der Waals surface area (Å²) in [5.41, 5.74) is 5.68. The summed E-state index contributed by atoms with van der Waals surface area (Å²) < 4.78 is 5.58. The lowest BCUT2D eigenvalue weighted by atomic mass is 10.3. The third kappa shape index (κ3) is 2.72. The minimum absolute atomic E-state index is 0.177. The normalized spacial score (nSPS) is 10.1. The first-order chi connectivity index (χ1) is 8.58. The van der Waals surface area contributed by atoms with Crippen molar-refractivity contribution in [3.8, 4) is 11.5 Å². The first kappa shape index (κ1) is 12.7. The van der Waals surface area contributed by atoms with Gasteiger partial charge in [0.2, 0.25) is 0 Å². The third-order valence-electron chi connectivity index (χ3n) is 2.14. The van der Waals surface area contributed by atoms with E-state index in [1.165, 1.54) is 6.20 Å². The van der Waals surface area contributed by atoms with Crippen LogP contribution in [0.5, 0.6) is 11.5 Å². The highest BCUT2D eigenvalue weighted by atomic mass is 35.5. The molecule has 0 bridgehead atoms. The van der Waals surface area contributed by atoms with Crippen molar-refractivity contribution in [1.29, 1.82) is 5.41 Å². The lowest BCUT2D eigenvalue weighted by Crippen LogP contribution is -2.14. The van der Waals surface area contributed by atoms with E-state index in [0.29, 0.717) is 21.5 Å². The number of hydrogen-bond donors (Lipinski definition) is 2. The largest absolute Gasteiger partial charge is 0.453 e. The van der Waals surface area contributed by atoms with E-state index in [9.17, 15) is 0 Å². The van der Waals surface area contributed by atoms with E-state index in [4.69, 9.17) is 39.1 Å². The van der Waals surface area contributed by atoms with Gasteiger partial charge in [-0.25, -0.2) is 4.98 Å². The molecule has 0 spiro atoms. The van der Waals surface area contributed by atoms with Gasteiger partial charge in [0.05, 0.1) is 5.02 Å². The van der Waals surface area contributed by atoms with Crippen LogP contribution in [0.1, 0.15) is 5.69 Å². The maximum Gasteiger partial charge on any atom is 0.156 e. The van der Waals surface area contributed by atoms with Crippen LogP contribution in [0.15, 0.2) is 36.5 Å². The number of nitrogens with zero attached hydrogens (tertiary/aromatic N) is 1. The Morgan fingerprint density at radius 2 is 2.00 bits per heavy atom. The SMILES string of the molecule is N=C(N)c1ncccc1Oc1cc(Cl)ccc1Cl. The fraction of sp³-hybridized carbons (Fsp3) is 0. The molecule has 4 nitrogen and oxygen atoms in total. The van der Waals surface area contributed by atoms with E-state index in [-0.39, 0.29) is 11.5 Å². The number of nitrogens with two attached hydrogens (primary N) is 1. The molecule has 0 unspecified atom stereocenters. The Morgan fingerprint density at radius 1 is 1.22 bits per heavy atom. The van der Waals surface area contributed by atoms with Crippen LogP contribution in [0.2, 0.25) is 10.0 Å². The lowest BCUT2D eigenvalue weighted by Gasteiger charge is -2.10. The molecule has 6 heteroatoms. The average molecular weight is 282 g/mol. The number of ether oxygens (including phenoxy) is 1. The summed E-state index contributed by atoms with van der Waals surface area (Å²) in [6.45, 7) is 0. The summed E-state index contributed by atoms with van der Waals surface area (Å²) >= 11 is 11.9. The molecule has 0 saturated carbocycles. The van der Waals surface area contributed by atoms with Crippen molar-refractivity contribution in [3.05, 3.63) is 52.3 Å². The number of hydrogen-bond acceptors (Lipinski definition) is 3. The van der Waals surface area contributed by atoms with Gasteiger partial charge in [-0.2, -0.15) is 0 Å². The fourth-order valence-corrected chi connectivity index (χ4v) is 1.67. The van der Waals surface area contributed by atoms with Crippen LogP contribution in [0.3, 0.4) is 0 Å². The molecule has 2 rings (SSSR count). The second-order valence-electron chi connectivity index (χ2n) is 3.44. The zero-order valence-corrected chi connectivity index (χ0v) is 10.7. The number of nitrogen functional groups attached to an aromatic ring is 1. The lowest BCUT2D eigenvalue weighted by molar-refractivity contribution is 0.479. The molecule has 0 saturated heterocycles. The summed E-state index contributed by atoms with van der Waals surface area (Å²) in [6, 6.07) is 8.21. The predicted octanol–water partition coefficient (Wildman–Crippen LogP) is 3.46. The summed E-state index contributed by atoms with van der Waals surface area (Å²) in [4.78, 5) is 3.98. The van der Waals surface area contributed by atoms with E-state index in [0.717, 1.165) is 0 Å². The highest BCUT2D eigenvalue weighted by Crippen LogP contribution is 2.32. The van der Waals surface area contributed by atoms with Crippen molar-refractivity contribution >= 4 is 29.0 Å². The Morgan fingerprint density at radius 3 is 2.72 bits per heavy atom. The van der Waals surface area contributed by atoms with Crippen LogP contribution < -0.4 is 10.5 Å². The van der Waals surface area contributed by atoms with E-state index in [2.05, 4.69) is 4.98 Å². The van der Waals surface area contributed by atoms with Crippen LogP contribution in [0.25, 0.3) is 0 Å². The molecular weight excluding hydrogens is 273 g/mol. The molecular formula is C12H9Cl2N3O. The maximum absolute atomic E-state index is 7.41. The van der Waals surface area contributed by atoms with Crippen molar-refractivity contribution in [2.45, 2.75) is 0 Å². The summed E-state index contributed by atoms with van der Waals surface area (Å²) in [6.07, 6.45) is 1.53. The smallest absolute Gasteiger partial charge is 0.156 e. The van der Waals surface area contributed by atoms with Gasteiger partial charge in [0.1, 0.15) is 17.3 Å². The second-order valence-corrected chi connectivity index (χ2v) is 4.28. The van der Waals surface area contributed by atoms with Crippen molar-refractivity contribution < 1.29 is 4.74 Å². The average Bonchev–Trinajstić information content (AvgIpc) is 2.34. The molecule has 3 N–H and O–H groups in total. The van der Waals surface area contributed by atoms with Crippen LogP contribution >= 0.6 is 23.2 Å². The van der Waals surface area contributed by atoms with Gasteiger partial charge < -0.3 is 10.5 Å². The van der Waals surface area contributed by atoms with Crippen LogP contribution in [-0.2, 0) is 0 Å². The highest BCUT2D eigenvalue weighted by Gasteiger charge is 2.10. The molecule has 0 aliphatic carbocycles. The van der Waals surface area contributed by atoms with Gasteiger partial charge in [0.15, 0.2) is 5.75 Å². The van der Waals surface area contributed by atoms with Gasteiger partial charge in [-0.3, -0.25) is 5.41 Å². The first-order valence-electron chi connectivity index (χ1n) is 5.00. The first-order valence-corrected chi connectivity index (χ1v) is 5.76. The molecule has 1 aromatic carbocycles. The van der Waals surface area contributed by atoms with Gasteiger partial charge in [0, 0.05) is 17.3 Å². The second kappa shape index (κ2) is 5.25.